The Balaban J connectivity index is 2.12. The summed E-state index contributed by atoms with van der Waals surface area (Å²) in [7, 11) is 0. The lowest BCUT2D eigenvalue weighted by Crippen LogP contribution is -2.45. The van der Waals surface area contributed by atoms with E-state index in [1.807, 2.05) is 20.8 Å². The first-order valence-corrected chi connectivity index (χ1v) is 7.37. The fraction of sp³-hybridized carbons (Fsp3) is 0.643. The lowest BCUT2D eigenvalue weighted by molar-refractivity contribution is 0.0165. The number of likely N-dealkylation sites (tertiary alicyclic amines) is 1. The Kier molecular flexibility index (Phi) is 4.56. The van der Waals surface area contributed by atoms with Gasteiger partial charge in [-0.3, -0.25) is 4.79 Å². The monoisotopic (exact) mass is 313 g/mol. The maximum atomic E-state index is 12.1. The van der Waals surface area contributed by atoms with Crippen LogP contribution in [0, 0.1) is 0 Å². The summed E-state index contributed by atoms with van der Waals surface area (Å²) in [4.78, 5) is 25.7. The Bertz CT molecular complexity index is 580. The molecule has 1 aliphatic heterocycles. The summed E-state index contributed by atoms with van der Waals surface area (Å²) >= 11 is 5.84. The molecule has 0 spiro atoms. The maximum absolute atomic E-state index is 12.1. The zero-order valence-corrected chi connectivity index (χ0v) is 13.3. The summed E-state index contributed by atoms with van der Waals surface area (Å²) < 4.78 is 6.73. The molecule has 1 aliphatic rings. The van der Waals surface area contributed by atoms with Gasteiger partial charge in [-0.2, -0.15) is 5.10 Å². The minimum absolute atomic E-state index is 0.138. The van der Waals surface area contributed by atoms with Crippen LogP contribution >= 0.6 is 11.6 Å². The molecule has 7 heteroatoms. The van der Waals surface area contributed by atoms with Gasteiger partial charge in [0.25, 0.3) is 5.56 Å². The summed E-state index contributed by atoms with van der Waals surface area (Å²) in [5, 5.41) is 4.21. The molecule has 0 aromatic carbocycles. The average Bonchev–Trinajstić information content (AvgIpc) is 2.40. The number of hydrogen-bond acceptors (Lipinski definition) is 4. The number of ether oxygens (including phenoxy) is 1. The van der Waals surface area contributed by atoms with Crippen LogP contribution in [0.15, 0.2) is 17.1 Å². The van der Waals surface area contributed by atoms with Crippen LogP contribution in [-0.2, 0) is 4.74 Å². The van der Waals surface area contributed by atoms with Gasteiger partial charge in [0.2, 0.25) is 0 Å². The van der Waals surface area contributed by atoms with Gasteiger partial charge >= 0.3 is 6.09 Å². The molecule has 1 amide bonds. The molecule has 1 fully saturated rings. The summed E-state index contributed by atoms with van der Waals surface area (Å²) in [6.45, 7) is 6.52. The van der Waals surface area contributed by atoms with E-state index in [0.717, 1.165) is 12.8 Å². The molecule has 0 N–H and O–H groups in total. The molecule has 1 saturated heterocycles. The van der Waals surface area contributed by atoms with Crippen molar-refractivity contribution in [3.63, 3.8) is 0 Å². The fourth-order valence-electron chi connectivity index (χ4n) is 2.31. The SMILES string of the molecule is CC(C)(C)OC(=O)N1CCCC(n2nccc(Cl)c2=O)C1. The molecule has 0 aliphatic carbocycles. The molecule has 116 valence electrons. The van der Waals surface area contributed by atoms with Gasteiger partial charge in [0.05, 0.1) is 6.04 Å². The minimum Gasteiger partial charge on any atom is -0.444 e. The quantitative estimate of drug-likeness (QED) is 0.799. The molecule has 0 bridgehead atoms. The van der Waals surface area contributed by atoms with Gasteiger partial charge in [0.15, 0.2) is 0 Å². The van der Waals surface area contributed by atoms with Crippen LogP contribution < -0.4 is 5.56 Å². The van der Waals surface area contributed by atoms with Gasteiger partial charge in [-0.1, -0.05) is 11.6 Å². The van der Waals surface area contributed by atoms with Crippen molar-refractivity contribution in [3.05, 3.63) is 27.6 Å². The normalized spacial score (nSPS) is 19.4. The molecule has 1 atom stereocenters. The van der Waals surface area contributed by atoms with Crippen molar-refractivity contribution in [3.8, 4) is 0 Å². The predicted molar refractivity (Wildman–Crippen MR) is 79.6 cm³/mol. The van der Waals surface area contributed by atoms with Gasteiger partial charge in [-0.05, 0) is 39.7 Å². The van der Waals surface area contributed by atoms with Gasteiger partial charge in [0, 0.05) is 19.3 Å². The van der Waals surface area contributed by atoms with Gasteiger partial charge in [0.1, 0.15) is 10.6 Å². The third-order valence-electron chi connectivity index (χ3n) is 3.22. The van der Waals surface area contributed by atoms with E-state index in [9.17, 15) is 9.59 Å². The minimum atomic E-state index is -0.533. The number of piperidine rings is 1. The van der Waals surface area contributed by atoms with Crippen LogP contribution in [0.2, 0.25) is 5.02 Å². The molecular formula is C14H20ClN3O3. The third-order valence-corrected chi connectivity index (χ3v) is 3.51. The maximum Gasteiger partial charge on any atom is 0.410 e. The van der Waals surface area contributed by atoms with Gasteiger partial charge < -0.3 is 9.64 Å². The number of rotatable bonds is 1. The Morgan fingerprint density at radius 3 is 2.86 bits per heavy atom. The zero-order valence-electron chi connectivity index (χ0n) is 12.5. The van der Waals surface area contributed by atoms with Crippen LogP contribution in [0.1, 0.15) is 39.7 Å². The highest BCUT2D eigenvalue weighted by atomic mass is 35.5. The molecule has 1 aromatic heterocycles. The smallest absolute Gasteiger partial charge is 0.410 e. The molecule has 0 radical (unpaired) electrons. The molecular weight excluding hydrogens is 294 g/mol. The standard InChI is InChI=1S/C14H20ClN3O3/c1-14(2,3)21-13(20)17-8-4-5-10(9-17)18-12(19)11(15)6-7-16-18/h6-7,10H,4-5,8-9H2,1-3H3. The van der Waals surface area contributed by atoms with Crippen molar-refractivity contribution >= 4 is 17.7 Å². The molecule has 6 nitrogen and oxygen atoms in total. The molecule has 21 heavy (non-hydrogen) atoms. The van der Waals surface area contributed by atoms with Crippen molar-refractivity contribution in [1.82, 2.24) is 14.7 Å². The number of aromatic nitrogens is 2. The Labute approximate surface area is 128 Å². The molecule has 2 rings (SSSR count). The number of carbonyl (C=O) groups is 1. The lowest BCUT2D eigenvalue weighted by Gasteiger charge is -2.34. The summed E-state index contributed by atoms with van der Waals surface area (Å²) in [6, 6.07) is 1.30. The highest BCUT2D eigenvalue weighted by Gasteiger charge is 2.29. The van der Waals surface area contributed by atoms with E-state index in [1.165, 1.54) is 16.9 Å². The fourth-order valence-corrected chi connectivity index (χ4v) is 2.45. The first-order valence-electron chi connectivity index (χ1n) is 6.99. The molecule has 2 heterocycles. The Hall–Kier alpha value is -1.56. The lowest BCUT2D eigenvalue weighted by atomic mass is 10.1. The van der Waals surface area contributed by atoms with Crippen molar-refractivity contribution in [2.75, 3.05) is 13.1 Å². The van der Waals surface area contributed by atoms with E-state index in [1.54, 1.807) is 4.90 Å². The molecule has 1 aromatic rings. The summed E-state index contributed by atoms with van der Waals surface area (Å²) in [5.74, 6) is 0. The highest BCUT2D eigenvalue weighted by Crippen LogP contribution is 2.21. The first-order chi connectivity index (χ1) is 9.78. The average molecular weight is 314 g/mol. The topological polar surface area (TPSA) is 64.4 Å². The van der Waals surface area contributed by atoms with Crippen molar-refractivity contribution in [1.29, 1.82) is 0 Å². The number of hydrogen-bond donors (Lipinski definition) is 0. The molecule has 1 unspecified atom stereocenters. The third kappa shape index (κ3) is 3.97. The number of amides is 1. The van der Waals surface area contributed by atoms with Crippen molar-refractivity contribution in [2.24, 2.45) is 0 Å². The first kappa shape index (κ1) is 15.8. The number of carbonyl (C=O) groups excluding carboxylic acids is 1. The largest absolute Gasteiger partial charge is 0.444 e. The van der Waals surface area contributed by atoms with Crippen LogP contribution in [0.4, 0.5) is 4.79 Å². The molecule has 0 saturated carbocycles. The highest BCUT2D eigenvalue weighted by molar-refractivity contribution is 6.30. The predicted octanol–water partition coefficient (Wildman–Crippen LogP) is 2.47. The van der Waals surface area contributed by atoms with Crippen LogP contribution in [0.3, 0.4) is 0 Å². The Morgan fingerprint density at radius 2 is 2.19 bits per heavy atom. The van der Waals surface area contributed by atoms with Crippen molar-refractivity contribution < 1.29 is 9.53 Å². The second-order valence-electron chi connectivity index (χ2n) is 6.15. The van der Waals surface area contributed by atoms with Gasteiger partial charge in [-0.15, -0.1) is 0 Å². The second kappa shape index (κ2) is 6.05. The van der Waals surface area contributed by atoms with Crippen LogP contribution in [0.25, 0.3) is 0 Å². The Morgan fingerprint density at radius 1 is 1.48 bits per heavy atom. The van der Waals surface area contributed by atoms with Gasteiger partial charge in [-0.25, -0.2) is 9.48 Å². The van der Waals surface area contributed by atoms with Crippen molar-refractivity contribution in [2.45, 2.75) is 45.3 Å². The van der Waals surface area contributed by atoms with E-state index in [0.29, 0.717) is 13.1 Å². The van der Waals surface area contributed by atoms with Crippen LogP contribution in [-0.4, -0.2) is 39.5 Å². The second-order valence-corrected chi connectivity index (χ2v) is 6.56. The van der Waals surface area contributed by atoms with E-state index >= 15 is 0 Å². The zero-order chi connectivity index (χ0) is 15.6. The van der Waals surface area contributed by atoms with E-state index in [-0.39, 0.29) is 22.7 Å². The summed E-state index contributed by atoms with van der Waals surface area (Å²) in [6.07, 6.45) is 2.72. The van der Waals surface area contributed by atoms with E-state index in [4.69, 9.17) is 16.3 Å². The number of halogens is 1. The van der Waals surface area contributed by atoms with E-state index in [2.05, 4.69) is 5.10 Å². The summed E-state index contributed by atoms with van der Waals surface area (Å²) in [5.41, 5.74) is -0.856. The number of nitrogens with zero attached hydrogens (tertiary/aromatic N) is 3. The van der Waals surface area contributed by atoms with Crippen LogP contribution in [0.5, 0.6) is 0 Å². The van der Waals surface area contributed by atoms with E-state index < -0.39 is 5.60 Å².